The molecule has 0 amide bonds. The number of hydrogen-bond donors (Lipinski definition) is 0. The lowest BCUT2D eigenvalue weighted by molar-refractivity contribution is -0.143. The Kier molecular flexibility index (Phi) is 3.36. The molecule has 2 nitrogen and oxygen atoms in total. The van der Waals surface area contributed by atoms with E-state index >= 15 is 0 Å². The second-order valence-corrected chi connectivity index (χ2v) is 6.90. The summed E-state index contributed by atoms with van der Waals surface area (Å²) in [6.07, 6.45) is 1.20. The zero-order chi connectivity index (χ0) is 12.0. The van der Waals surface area contributed by atoms with Crippen LogP contribution in [0.4, 0.5) is 0 Å². The zero-order valence-electron chi connectivity index (χ0n) is 10.5. The van der Waals surface area contributed by atoms with E-state index in [4.69, 9.17) is 12.1 Å². The van der Waals surface area contributed by atoms with Crippen LogP contribution in [0.25, 0.3) is 0 Å². The van der Waals surface area contributed by atoms with Crippen LogP contribution in [0.1, 0.15) is 27.2 Å². The van der Waals surface area contributed by atoms with Crippen LogP contribution >= 0.6 is 8.03 Å². The van der Waals surface area contributed by atoms with Gasteiger partial charge in [-0.1, -0.05) is 20.8 Å². The normalized spacial score (nSPS) is 48.0. The van der Waals surface area contributed by atoms with E-state index in [-0.39, 0.29) is 11.9 Å². The van der Waals surface area contributed by atoms with Crippen molar-refractivity contribution in [2.45, 2.75) is 27.2 Å². The van der Waals surface area contributed by atoms with Crippen molar-refractivity contribution in [1.29, 1.82) is 0 Å². The summed E-state index contributed by atoms with van der Waals surface area (Å²) in [5.41, 5.74) is 0. The molecule has 0 heterocycles. The summed E-state index contributed by atoms with van der Waals surface area (Å²) in [7, 11) is 4.53. The second-order valence-electron chi connectivity index (χ2n) is 5.62. The summed E-state index contributed by atoms with van der Waals surface area (Å²) in [6, 6.07) is 0. The summed E-state index contributed by atoms with van der Waals surface area (Å²) < 4.78 is 5.24. The predicted octanol–water partition coefficient (Wildman–Crippen LogP) is 2.81. The van der Waals surface area contributed by atoms with Gasteiger partial charge in [0.05, 0.1) is 5.92 Å². The quantitative estimate of drug-likeness (QED) is 0.546. The van der Waals surface area contributed by atoms with Crippen LogP contribution in [0.3, 0.4) is 0 Å². The van der Waals surface area contributed by atoms with Crippen molar-refractivity contribution in [2.24, 2.45) is 35.5 Å². The average Bonchev–Trinajstić information content (AvgIpc) is 2.64. The van der Waals surface area contributed by atoms with Gasteiger partial charge in [0.15, 0.2) is 7.57 Å². The fraction of sp³-hybridized carbons (Fsp3) is 0.917. The summed E-state index contributed by atoms with van der Waals surface area (Å²) in [5, 5.41) is 0. The molecule has 16 heavy (non-hydrogen) atoms. The van der Waals surface area contributed by atoms with E-state index in [0.717, 1.165) is 5.92 Å². The lowest BCUT2D eigenvalue weighted by atomic mass is 9.70. The van der Waals surface area contributed by atoms with Gasteiger partial charge in [-0.15, -0.1) is 0 Å². The van der Waals surface area contributed by atoms with Crippen molar-refractivity contribution in [3.63, 3.8) is 0 Å². The van der Waals surface area contributed by atoms with Crippen LogP contribution in [0.2, 0.25) is 0 Å². The molecule has 0 aliphatic heterocycles. The molecule has 0 aromatic carbocycles. The SMILES string of the molecule is [B]P(C)OC(=O)[C@H]1C2CC([C@@H](C)[C@H]2C)[C@H]1C. The van der Waals surface area contributed by atoms with E-state index in [1.54, 1.807) is 6.66 Å². The Labute approximate surface area is 101 Å². The molecule has 88 valence electrons. The third-order valence-corrected chi connectivity index (χ3v) is 5.40. The third kappa shape index (κ3) is 1.81. The molecular weight excluding hydrogens is 218 g/mol. The van der Waals surface area contributed by atoms with Gasteiger partial charge in [0, 0.05) is 8.03 Å². The first-order chi connectivity index (χ1) is 7.43. The fourth-order valence-electron chi connectivity index (χ4n) is 3.94. The smallest absolute Gasteiger partial charge is 0.311 e. The third-order valence-electron chi connectivity index (χ3n) is 4.93. The van der Waals surface area contributed by atoms with Crippen LogP contribution in [-0.2, 0) is 9.32 Å². The molecule has 2 rings (SSSR count). The van der Waals surface area contributed by atoms with Gasteiger partial charge in [-0.05, 0) is 42.7 Å². The maximum Gasteiger partial charge on any atom is 0.311 e. The highest BCUT2D eigenvalue weighted by molar-refractivity contribution is 7.77. The van der Waals surface area contributed by atoms with Gasteiger partial charge in [0.25, 0.3) is 0 Å². The molecule has 4 heteroatoms. The first-order valence-corrected chi connectivity index (χ1v) is 7.91. The Bertz CT molecular complexity index is 295. The molecule has 2 aliphatic carbocycles. The molecule has 0 aromatic heterocycles. The number of carbonyl (C=O) groups excluding carboxylic acids is 1. The summed E-state index contributed by atoms with van der Waals surface area (Å²) in [6.45, 7) is 8.58. The van der Waals surface area contributed by atoms with Crippen LogP contribution in [0.5, 0.6) is 0 Å². The van der Waals surface area contributed by atoms with E-state index in [9.17, 15) is 4.79 Å². The van der Waals surface area contributed by atoms with Gasteiger partial charge in [0.2, 0.25) is 0 Å². The van der Waals surface area contributed by atoms with Gasteiger partial charge in [0.1, 0.15) is 0 Å². The predicted molar refractivity (Wildman–Crippen MR) is 67.3 cm³/mol. The molecule has 2 bridgehead atoms. The maximum atomic E-state index is 12.0. The van der Waals surface area contributed by atoms with Gasteiger partial charge in [-0.3, -0.25) is 4.79 Å². The lowest BCUT2D eigenvalue weighted by Crippen LogP contribution is -2.36. The number of carbonyl (C=O) groups is 1. The van der Waals surface area contributed by atoms with Crippen molar-refractivity contribution >= 4 is 21.6 Å². The van der Waals surface area contributed by atoms with Gasteiger partial charge in [-0.2, -0.15) is 0 Å². The Hall–Kier alpha value is -0.0351. The van der Waals surface area contributed by atoms with Crippen molar-refractivity contribution in [2.75, 3.05) is 6.66 Å². The lowest BCUT2D eigenvalue weighted by Gasteiger charge is -2.35. The summed E-state index contributed by atoms with van der Waals surface area (Å²) in [4.78, 5) is 12.0. The molecule has 3 unspecified atom stereocenters. The zero-order valence-corrected chi connectivity index (χ0v) is 11.4. The minimum Gasteiger partial charge on any atom is -0.457 e. The van der Waals surface area contributed by atoms with E-state index in [2.05, 4.69) is 20.8 Å². The summed E-state index contributed by atoms with van der Waals surface area (Å²) in [5.74, 6) is 3.17. The average molecular weight is 238 g/mol. The molecule has 2 fully saturated rings. The first kappa shape index (κ1) is 12.4. The first-order valence-electron chi connectivity index (χ1n) is 6.13. The number of hydrogen-bond acceptors (Lipinski definition) is 2. The topological polar surface area (TPSA) is 26.3 Å². The molecule has 2 saturated carbocycles. The molecule has 2 radical (unpaired) electrons. The van der Waals surface area contributed by atoms with E-state index in [0.29, 0.717) is 23.7 Å². The van der Waals surface area contributed by atoms with Crippen molar-refractivity contribution < 1.29 is 9.32 Å². The van der Waals surface area contributed by atoms with Crippen molar-refractivity contribution in [3.05, 3.63) is 0 Å². The molecule has 0 aromatic rings. The van der Waals surface area contributed by atoms with Crippen LogP contribution in [0, 0.1) is 35.5 Å². The Morgan fingerprint density at radius 3 is 2.25 bits per heavy atom. The van der Waals surface area contributed by atoms with Gasteiger partial charge >= 0.3 is 5.97 Å². The number of rotatable bonds is 2. The molecular formula is C12H20BO2P. The Balaban J connectivity index is 2.10. The van der Waals surface area contributed by atoms with Crippen molar-refractivity contribution in [1.82, 2.24) is 0 Å². The molecule has 2 aliphatic rings. The Morgan fingerprint density at radius 2 is 1.75 bits per heavy atom. The maximum absolute atomic E-state index is 12.0. The highest BCUT2D eigenvalue weighted by atomic mass is 31.1. The minimum atomic E-state index is -1.06. The van der Waals surface area contributed by atoms with E-state index in [1.807, 2.05) is 0 Å². The van der Waals surface area contributed by atoms with Crippen molar-refractivity contribution in [3.8, 4) is 0 Å². The van der Waals surface area contributed by atoms with Crippen LogP contribution in [0.15, 0.2) is 0 Å². The Morgan fingerprint density at radius 1 is 1.19 bits per heavy atom. The second kappa shape index (κ2) is 4.33. The van der Waals surface area contributed by atoms with Gasteiger partial charge < -0.3 is 4.52 Å². The van der Waals surface area contributed by atoms with Crippen LogP contribution < -0.4 is 0 Å². The molecule has 0 saturated heterocycles. The minimum absolute atomic E-state index is 0.0464. The number of fused-ring (bicyclic) bond motifs is 2. The monoisotopic (exact) mass is 238 g/mol. The molecule has 7 atom stereocenters. The fourth-order valence-corrected chi connectivity index (χ4v) is 4.34. The largest absolute Gasteiger partial charge is 0.457 e. The highest BCUT2D eigenvalue weighted by Gasteiger charge is 2.56. The summed E-state index contributed by atoms with van der Waals surface area (Å²) >= 11 is 0. The van der Waals surface area contributed by atoms with Crippen LogP contribution in [-0.4, -0.2) is 20.2 Å². The molecule has 0 N–H and O–H groups in total. The van der Waals surface area contributed by atoms with E-state index < -0.39 is 8.03 Å². The van der Waals surface area contributed by atoms with E-state index in [1.165, 1.54) is 6.42 Å². The standard InChI is InChI=1S/C12H20BO2P/c1-6-7(2)10-5-9(6)8(3)11(10)12(14)15-16(4)13/h6-11H,5H2,1-4H3/t6-,7+,8+,9?,10?,11+,16?/m0/s1. The molecule has 0 spiro atoms. The van der Waals surface area contributed by atoms with Gasteiger partial charge in [-0.25, -0.2) is 0 Å². The highest BCUT2D eigenvalue weighted by Crippen LogP contribution is 2.58.